The average molecular weight is 602 g/mol. The molecule has 1 aliphatic rings. The Hall–Kier alpha value is -3.36. The molecule has 0 unspecified atom stereocenters. The molecule has 3 aromatic rings. The number of para-hydroxylation sites is 1. The van der Waals surface area contributed by atoms with Crippen molar-refractivity contribution in [1.82, 2.24) is 19.3 Å². The lowest BCUT2D eigenvalue weighted by molar-refractivity contribution is -0.158. The van der Waals surface area contributed by atoms with E-state index in [4.69, 9.17) is 19.9 Å². The molecule has 1 aromatic heterocycles. The first kappa shape index (κ1) is 31.6. The van der Waals surface area contributed by atoms with Crippen LogP contribution in [0.2, 0.25) is 0 Å². The molecule has 0 saturated heterocycles. The molecule has 0 aliphatic carbocycles. The summed E-state index contributed by atoms with van der Waals surface area (Å²) in [5.41, 5.74) is 6.88. The molecular weight excluding hydrogens is 562 g/mol. The van der Waals surface area contributed by atoms with Crippen LogP contribution >= 0.6 is 0 Å². The van der Waals surface area contributed by atoms with Crippen molar-refractivity contribution in [3.05, 3.63) is 71.0 Å². The van der Waals surface area contributed by atoms with Gasteiger partial charge >= 0.3 is 5.97 Å². The van der Waals surface area contributed by atoms with Gasteiger partial charge in [0.2, 0.25) is 10.0 Å². The SMILES string of the molecule is Cc1ccc([C@H](OCc2cn(CCOCCN)nn2)C(C)(C)C(=O)O)cc1CN1C[C@@H](C)Oc2ccccc2S1(=O)=O. The second kappa shape index (κ2) is 13.3. The van der Waals surface area contributed by atoms with Crippen LogP contribution in [0.25, 0.3) is 0 Å². The predicted octanol–water partition coefficient (Wildman–Crippen LogP) is 2.90. The minimum atomic E-state index is -3.85. The first-order chi connectivity index (χ1) is 19.9. The lowest BCUT2D eigenvalue weighted by atomic mass is 9.81. The number of nitrogens with two attached hydrogens (primary N) is 1. The topological polar surface area (TPSA) is 159 Å². The summed E-state index contributed by atoms with van der Waals surface area (Å²) in [4.78, 5) is 12.5. The van der Waals surface area contributed by atoms with Gasteiger partial charge in [-0.1, -0.05) is 35.5 Å². The van der Waals surface area contributed by atoms with Crippen LogP contribution in [0.4, 0.5) is 0 Å². The summed E-state index contributed by atoms with van der Waals surface area (Å²) >= 11 is 0. The molecule has 2 heterocycles. The van der Waals surface area contributed by atoms with E-state index in [-0.39, 0.29) is 30.7 Å². The highest BCUT2D eigenvalue weighted by Crippen LogP contribution is 2.39. The van der Waals surface area contributed by atoms with Gasteiger partial charge in [0.25, 0.3) is 0 Å². The first-order valence-electron chi connectivity index (χ1n) is 13.8. The van der Waals surface area contributed by atoms with E-state index in [0.29, 0.717) is 43.3 Å². The molecule has 2 aromatic carbocycles. The standard InChI is InChI=1S/C29H39N5O7S/c1-20-9-10-22(15-23(20)17-34-16-21(2)41-25-7-5-6-8-26(25)42(34,37)38)27(29(3,4)28(35)36)40-19-24-18-33(32-31-24)12-14-39-13-11-30/h5-10,15,18,21,27H,11-14,16-17,19,30H2,1-4H3,(H,35,36)/t21-,27+/m1/s1. The molecule has 0 amide bonds. The van der Waals surface area contributed by atoms with E-state index in [1.165, 1.54) is 4.31 Å². The molecule has 0 bridgehead atoms. The van der Waals surface area contributed by atoms with E-state index in [1.807, 2.05) is 32.0 Å². The molecule has 13 heteroatoms. The Balaban J connectivity index is 1.58. The van der Waals surface area contributed by atoms with Crippen LogP contribution in [0.1, 0.15) is 49.3 Å². The number of rotatable bonds is 13. The molecule has 0 saturated carbocycles. The lowest BCUT2D eigenvalue weighted by Gasteiger charge is -2.31. The highest BCUT2D eigenvalue weighted by Gasteiger charge is 2.40. The fraction of sp³-hybridized carbons (Fsp3) is 0.483. The number of hydrogen-bond acceptors (Lipinski definition) is 9. The molecule has 3 N–H and O–H groups in total. The minimum absolute atomic E-state index is 0.0282. The number of aryl methyl sites for hydroxylation is 1. The third-order valence-electron chi connectivity index (χ3n) is 7.20. The molecule has 0 radical (unpaired) electrons. The lowest BCUT2D eigenvalue weighted by Crippen LogP contribution is -2.36. The minimum Gasteiger partial charge on any atom is -0.488 e. The summed E-state index contributed by atoms with van der Waals surface area (Å²) in [5, 5.41) is 18.3. The van der Waals surface area contributed by atoms with Gasteiger partial charge in [-0.3, -0.25) is 4.79 Å². The molecular formula is C29H39N5O7S. The monoisotopic (exact) mass is 601 g/mol. The van der Waals surface area contributed by atoms with Gasteiger partial charge in [0, 0.05) is 13.1 Å². The van der Waals surface area contributed by atoms with E-state index in [2.05, 4.69) is 10.3 Å². The van der Waals surface area contributed by atoms with Crippen LogP contribution in [0.5, 0.6) is 5.75 Å². The Labute approximate surface area is 246 Å². The number of carbonyl (C=O) groups is 1. The summed E-state index contributed by atoms with van der Waals surface area (Å²) in [6.45, 7) is 9.02. The fourth-order valence-corrected chi connectivity index (χ4v) is 6.38. The zero-order valence-corrected chi connectivity index (χ0v) is 25.2. The van der Waals surface area contributed by atoms with Gasteiger partial charge in [0.15, 0.2) is 0 Å². The molecule has 4 rings (SSSR count). The molecule has 12 nitrogen and oxygen atoms in total. The Bertz CT molecular complexity index is 1490. The normalized spacial score (nSPS) is 17.7. The number of sulfonamides is 1. The van der Waals surface area contributed by atoms with Crippen LogP contribution in [0, 0.1) is 12.3 Å². The summed E-state index contributed by atoms with van der Waals surface area (Å²) < 4.78 is 47.8. The van der Waals surface area contributed by atoms with E-state index in [0.717, 1.165) is 11.1 Å². The zero-order chi connectivity index (χ0) is 30.5. The summed E-state index contributed by atoms with van der Waals surface area (Å²) in [5.74, 6) is -0.706. The largest absolute Gasteiger partial charge is 0.488 e. The van der Waals surface area contributed by atoms with Gasteiger partial charge in [0.05, 0.1) is 50.6 Å². The van der Waals surface area contributed by atoms with Gasteiger partial charge in [0.1, 0.15) is 22.4 Å². The van der Waals surface area contributed by atoms with Gasteiger partial charge in [-0.2, -0.15) is 4.31 Å². The van der Waals surface area contributed by atoms with E-state index >= 15 is 0 Å². The number of ether oxygens (including phenoxy) is 3. The number of aromatic nitrogens is 3. The maximum absolute atomic E-state index is 13.6. The van der Waals surface area contributed by atoms with Gasteiger partial charge in [-0.15, -0.1) is 5.10 Å². The molecule has 0 spiro atoms. The number of hydrogen-bond donors (Lipinski definition) is 2. The first-order valence-corrected chi connectivity index (χ1v) is 15.2. The number of nitrogens with zero attached hydrogens (tertiary/aromatic N) is 4. The van der Waals surface area contributed by atoms with Gasteiger partial charge in [-0.25, -0.2) is 13.1 Å². The summed E-state index contributed by atoms with van der Waals surface area (Å²) in [6, 6.07) is 12.1. The van der Waals surface area contributed by atoms with Gasteiger partial charge in [-0.05, 0) is 56.5 Å². The molecule has 2 atom stereocenters. The Morgan fingerprint density at radius 2 is 2.00 bits per heavy atom. The van der Waals surface area contributed by atoms with Crippen LogP contribution in [0.3, 0.4) is 0 Å². The van der Waals surface area contributed by atoms with Crippen LogP contribution < -0.4 is 10.5 Å². The predicted molar refractivity (Wildman–Crippen MR) is 154 cm³/mol. The number of carboxylic acid groups (broad SMARTS) is 1. The van der Waals surface area contributed by atoms with Crippen molar-refractivity contribution in [1.29, 1.82) is 0 Å². The summed E-state index contributed by atoms with van der Waals surface area (Å²) in [6.07, 6.45) is 0.494. The van der Waals surface area contributed by atoms with Crippen molar-refractivity contribution in [2.24, 2.45) is 11.1 Å². The maximum Gasteiger partial charge on any atom is 0.312 e. The van der Waals surface area contributed by atoms with Crippen molar-refractivity contribution in [3.8, 4) is 5.75 Å². The highest BCUT2D eigenvalue weighted by atomic mass is 32.2. The van der Waals surface area contributed by atoms with Crippen molar-refractivity contribution in [3.63, 3.8) is 0 Å². The van der Waals surface area contributed by atoms with Crippen LogP contribution in [0.15, 0.2) is 53.6 Å². The quantitative estimate of drug-likeness (QED) is 0.279. The Morgan fingerprint density at radius 1 is 1.24 bits per heavy atom. The third kappa shape index (κ3) is 7.16. The van der Waals surface area contributed by atoms with Crippen molar-refractivity contribution in [2.75, 3.05) is 26.3 Å². The maximum atomic E-state index is 13.6. The Morgan fingerprint density at radius 3 is 2.74 bits per heavy atom. The molecule has 42 heavy (non-hydrogen) atoms. The smallest absolute Gasteiger partial charge is 0.312 e. The van der Waals surface area contributed by atoms with Crippen LogP contribution in [-0.2, 0) is 44.0 Å². The fourth-order valence-electron chi connectivity index (χ4n) is 4.76. The Kier molecular flexibility index (Phi) is 10.00. The van der Waals surface area contributed by atoms with E-state index in [1.54, 1.807) is 49.0 Å². The van der Waals surface area contributed by atoms with Crippen LogP contribution in [-0.4, -0.2) is 71.2 Å². The van der Waals surface area contributed by atoms with Crippen molar-refractivity contribution in [2.45, 2.75) is 64.5 Å². The van der Waals surface area contributed by atoms with Crippen molar-refractivity contribution >= 4 is 16.0 Å². The van der Waals surface area contributed by atoms with Gasteiger partial charge < -0.3 is 25.1 Å². The molecule has 1 aliphatic heterocycles. The highest BCUT2D eigenvalue weighted by molar-refractivity contribution is 7.89. The van der Waals surface area contributed by atoms with E-state index < -0.39 is 27.5 Å². The second-order valence-corrected chi connectivity index (χ2v) is 12.9. The zero-order valence-electron chi connectivity index (χ0n) is 24.4. The number of benzene rings is 2. The van der Waals surface area contributed by atoms with Crippen molar-refractivity contribution < 1.29 is 32.5 Å². The third-order valence-corrected chi connectivity index (χ3v) is 9.05. The molecule has 0 fully saturated rings. The summed E-state index contributed by atoms with van der Waals surface area (Å²) in [7, 11) is -3.85. The number of aliphatic carboxylic acids is 1. The molecule has 228 valence electrons. The number of fused-ring (bicyclic) bond motifs is 1. The second-order valence-electron chi connectivity index (χ2n) is 11.0. The average Bonchev–Trinajstić information content (AvgIpc) is 3.36. The van der Waals surface area contributed by atoms with E-state index in [9.17, 15) is 18.3 Å². The number of carboxylic acids is 1.